The SMILES string of the molecule is CC(C)(Oc1ccc(-c2[c-]cccc2)nc1)c1cc(-c2ccccc2-c2cnc(-c3[c-]cccc3)cc2-c2ccc(-c3ccccc3)cc2)cc(C(C)(C)Oc2ccc(-c3[c-]cccc3)nc2)c1.[Ir+3]. The smallest absolute Gasteiger partial charge is 0.482 e. The fourth-order valence-corrected chi connectivity index (χ4v) is 8.54. The van der Waals surface area contributed by atoms with Crippen LogP contribution in [-0.2, 0) is 31.3 Å². The fourth-order valence-electron chi connectivity index (χ4n) is 8.54. The van der Waals surface area contributed by atoms with Gasteiger partial charge in [-0.15, -0.1) is 108 Å². The summed E-state index contributed by atoms with van der Waals surface area (Å²) in [4.78, 5) is 14.6. The van der Waals surface area contributed by atoms with E-state index in [1.807, 2.05) is 103 Å². The Kier molecular flexibility index (Phi) is 13.6. The van der Waals surface area contributed by atoms with Crippen LogP contribution in [0.2, 0.25) is 0 Å². The summed E-state index contributed by atoms with van der Waals surface area (Å²) < 4.78 is 13.7. The van der Waals surface area contributed by atoms with Crippen LogP contribution in [0.3, 0.4) is 0 Å². The molecule has 5 nitrogen and oxygen atoms in total. The van der Waals surface area contributed by atoms with Gasteiger partial charge in [-0.3, -0.25) is 0 Å². The second-order valence-electron chi connectivity index (χ2n) is 17.7. The van der Waals surface area contributed by atoms with Crippen molar-refractivity contribution in [2.75, 3.05) is 0 Å². The summed E-state index contributed by atoms with van der Waals surface area (Å²) in [6.45, 7) is 8.38. The third-order valence-corrected chi connectivity index (χ3v) is 12.2. The van der Waals surface area contributed by atoms with Crippen molar-refractivity contribution >= 4 is 0 Å². The van der Waals surface area contributed by atoms with E-state index in [4.69, 9.17) is 24.4 Å². The minimum Gasteiger partial charge on any atom is -0.482 e. The monoisotopic (exact) mass is 1070 g/mol. The molecule has 10 aromatic rings. The molecule has 0 aliphatic carbocycles. The molecule has 0 spiro atoms. The van der Waals surface area contributed by atoms with Gasteiger partial charge in [0.05, 0.1) is 12.4 Å². The Labute approximate surface area is 418 Å². The largest absolute Gasteiger partial charge is 3.00 e. The van der Waals surface area contributed by atoms with Crippen molar-refractivity contribution in [2.24, 2.45) is 0 Å². The normalized spacial score (nSPS) is 11.4. The third kappa shape index (κ3) is 10.4. The number of pyridine rings is 3. The molecule has 336 valence electrons. The zero-order valence-corrected chi connectivity index (χ0v) is 41.2. The van der Waals surface area contributed by atoms with E-state index in [1.165, 1.54) is 5.56 Å². The number of nitrogens with zero attached hydrogens (tertiary/aromatic N) is 3. The van der Waals surface area contributed by atoms with E-state index in [2.05, 4.69) is 149 Å². The molecule has 0 amide bonds. The summed E-state index contributed by atoms with van der Waals surface area (Å²) in [5.74, 6) is 1.31. The maximum Gasteiger partial charge on any atom is 3.00 e. The molecular formula is C63H48IrN3O2. The van der Waals surface area contributed by atoms with Gasteiger partial charge < -0.3 is 24.4 Å². The van der Waals surface area contributed by atoms with Gasteiger partial charge in [0, 0.05) is 11.8 Å². The molecule has 0 bridgehead atoms. The van der Waals surface area contributed by atoms with E-state index < -0.39 is 11.2 Å². The van der Waals surface area contributed by atoms with Gasteiger partial charge in [-0.05, 0) is 125 Å². The number of aromatic nitrogens is 3. The maximum atomic E-state index is 6.86. The van der Waals surface area contributed by atoms with E-state index in [0.717, 1.165) is 83.8 Å². The van der Waals surface area contributed by atoms with Gasteiger partial charge in [0.1, 0.15) is 22.7 Å². The molecule has 0 saturated carbocycles. The predicted molar refractivity (Wildman–Crippen MR) is 275 cm³/mol. The van der Waals surface area contributed by atoms with Crippen LogP contribution in [0, 0.1) is 18.2 Å². The van der Waals surface area contributed by atoms with Gasteiger partial charge in [0.25, 0.3) is 0 Å². The van der Waals surface area contributed by atoms with Crippen LogP contribution in [0.5, 0.6) is 11.5 Å². The molecule has 0 radical (unpaired) electrons. The van der Waals surface area contributed by atoms with Crippen molar-refractivity contribution in [2.45, 2.75) is 38.9 Å². The first-order valence-electron chi connectivity index (χ1n) is 22.8. The van der Waals surface area contributed by atoms with Crippen LogP contribution >= 0.6 is 0 Å². The minimum absolute atomic E-state index is 0. The molecule has 7 aromatic carbocycles. The molecule has 0 atom stereocenters. The van der Waals surface area contributed by atoms with Crippen LogP contribution < -0.4 is 9.47 Å². The predicted octanol–water partition coefficient (Wildman–Crippen LogP) is 15.6. The van der Waals surface area contributed by atoms with Crippen LogP contribution in [-0.4, -0.2) is 15.0 Å². The molecule has 0 aliphatic rings. The Morgan fingerprint density at radius 1 is 0.348 bits per heavy atom. The number of benzene rings is 7. The van der Waals surface area contributed by atoms with Crippen LogP contribution in [0.25, 0.3) is 78.3 Å². The zero-order chi connectivity index (χ0) is 46.5. The van der Waals surface area contributed by atoms with E-state index >= 15 is 0 Å². The Hall–Kier alpha value is -7.76. The molecule has 0 aliphatic heterocycles. The standard InChI is InChI=1S/C63H48N3O2.Ir/c1-62(2,67-53-33-35-59(64-41-53)47-21-11-6-12-22-47)51-37-50(38-52(39-51)63(3,4)68-54-34-36-60(65-42-54)48-23-13-7-14-24-48)55-27-17-18-28-56(55)58-43-66-61(49-25-15-8-16-26-49)40-57(58)46-31-29-45(30-32-46)44-19-9-5-10-20-44;/h5-21,23,25,27-43H,1-4H3;/q-3;+3. The topological polar surface area (TPSA) is 57.1 Å². The molecule has 6 heteroatoms. The zero-order valence-electron chi connectivity index (χ0n) is 38.8. The third-order valence-electron chi connectivity index (χ3n) is 12.2. The van der Waals surface area contributed by atoms with Gasteiger partial charge >= 0.3 is 20.1 Å². The number of ether oxygens (including phenoxy) is 2. The average Bonchev–Trinajstić information content (AvgIpc) is 3.39. The summed E-state index contributed by atoms with van der Waals surface area (Å²) in [6.07, 6.45) is 5.58. The first-order valence-corrected chi connectivity index (χ1v) is 22.8. The van der Waals surface area contributed by atoms with Gasteiger partial charge in [0.15, 0.2) is 0 Å². The second-order valence-corrected chi connectivity index (χ2v) is 17.7. The molecule has 3 heterocycles. The molecule has 10 rings (SSSR count). The van der Waals surface area contributed by atoms with Crippen molar-refractivity contribution in [1.29, 1.82) is 0 Å². The van der Waals surface area contributed by atoms with Gasteiger partial charge in [-0.1, -0.05) is 97.1 Å². The Morgan fingerprint density at radius 3 is 1.29 bits per heavy atom. The summed E-state index contributed by atoms with van der Waals surface area (Å²) in [7, 11) is 0. The summed E-state index contributed by atoms with van der Waals surface area (Å²) in [5, 5.41) is 0. The van der Waals surface area contributed by atoms with Gasteiger partial charge in [-0.25, -0.2) is 0 Å². The minimum atomic E-state index is -0.797. The van der Waals surface area contributed by atoms with E-state index in [1.54, 1.807) is 12.4 Å². The fraction of sp³-hybridized carbons (Fsp3) is 0.0952. The van der Waals surface area contributed by atoms with Gasteiger partial charge in [0.2, 0.25) is 0 Å². The maximum absolute atomic E-state index is 6.86. The van der Waals surface area contributed by atoms with Crippen molar-refractivity contribution in [1.82, 2.24) is 15.0 Å². The molecule has 0 saturated heterocycles. The molecule has 0 N–H and O–H groups in total. The number of hydrogen-bond acceptors (Lipinski definition) is 5. The quantitative estimate of drug-likeness (QED) is 0.108. The van der Waals surface area contributed by atoms with Crippen LogP contribution in [0.15, 0.2) is 219 Å². The first-order chi connectivity index (χ1) is 33.2. The first kappa shape index (κ1) is 46.4. The Bertz CT molecular complexity index is 3170. The van der Waals surface area contributed by atoms with Crippen LogP contribution in [0.4, 0.5) is 0 Å². The van der Waals surface area contributed by atoms with E-state index in [9.17, 15) is 0 Å². The molecule has 69 heavy (non-hydrogen) atoms. The summed E-state index contributed by atoms with van der Waals surface area (Å²) >= 11 is 0. The van der Waals surface area contributed by atoms with Crippen molar-refractivity contribution < 1.29 is 29.6 Å². The molecule has 0 fully saturated rings. The summed E-state index contributed by atoms with van der Waals surface area (Å²) in [5.41, 5.74) is 14.2. The Morgan fingerprint density at radius 2 is 0.797 bits per heavy atom. The molecular weight excluding hydrogens is 1020 g/mol. The van der Waals surface area contributed by atoms with Crippen molar-refractivity contribution in [3.05, 3.63) is 248 Å². The summed E-state index contributed by atoms with van der Waals surface area (Å²) in [6, 6.07) is 78.2. The number of rotatable bonds is 13. The van der Waals surface area contributed by atoms with Gasteiger partial charge in [-0.2, -0.15) is 0 Å². The van der Waals surface area contributed by atoms with Crippen molar-refractivity contribution in [3.63, 3.8) is 0 Å². The molecule has 3 aromatic heterocycles. The average molecular weight is 1070 g/mol. The number of hydrogen-bond donors (Lipinski definition) is 0. The van der Waals surface area contributed by atoms with E-state index in [0.29, 0.717) is 11.5 Å². The second kappa shape index (κ2) is 20.2. The molecule has 0 unspecified atom stereocenters. The van der Waals surface area contributed by atoms with Crippen LogP contribution in [0.1, 0.15) is 38.8 Å². The van der Waals surface area contributed by atoms with E-state index in [-0.39, 0.29) is 20.1 Å². The van der Waals surface area contributed by atoms with Crippen molar-refractivity contribution in [3.8, 4) is 89.8 Å². The Balaban J connectivity index is 0.00000593.